The summed E-state index contributed by atoms with van der Waals surface area (Å²) in [6.45, 7) is 0. The Hall–Kier alpha value is -5.65. The van der Waals surface area contributed by atoms with Crippen molar-refractivity contribution in [2.45, 2.75) is 18.4 Å². The molecular weight excluding hydrogens is 552 g/mol. The maximum absolute atomic E-state index is 6.64. The lowest BCUT2D eigenvalue weighted by Crippen LogP contribution is -2.46. The molecule has 45 heavy (non-hydrogen) atoms. The second-order valence-corrected chi connectivity index (χ2v) is 11.7. The van der Waals surface area contributed by atoms with Gasteiger partial charge in [-0.2, -0.15) is 6.20 Å². The van der Waals surface area contributed by atoms with Crippen molar-refractivity contribution >= 4 is 43.9 Å². The summed E-state index contributed by atoms with van der Waals surface area (Å²) in [6, 6.07) is 48.3. The Labute approximate surface area is 260 Å². The third kappa shape index (κ3) is 4.48. The maximum Gasteiger partial charge on any atom is 0.136 e. The highest BCUT2D eigenvalue weighted by Gasteiger charge is 2.31. The second kappa shape index (κ2) is 10.5. The predicted octanol–water partition coefficient (Wildman–Crippen LogP) is 9.55. The number of nitrogens with zero attached hydrogens (tertiary/aromatic N) is 2. The Bertz CT molecular complexity index is 2280. The molecule has 0 amide bonds. The fourth-order valence-electron chi connectivity index (χ4n) is 6.67. The third-order valence-corrected chi connectivity index (χ3v) is 8.93. The number of aliphatic imine (C=N–C) groups is 1. The van der Waals surface area contributed by atoms with Crippen LogP contribution in [0.1, 0.15) is 46.4 Å². The zero-order chi connectivity index (χ0) is 29.7. The molecule has 0 radical (unpaired) electrons. The molecule has 2 aliphatic rings. The number of amidine groups is 1. The van der Waals surface area contributed by atoms with Crippen molar-refractivity contribution in [2.75, 3.05) is 0 Å². The summed E-state index contributed by atoms with van der Waals surface area (Å²) in [5.74, 6) is 1.65. The summed E-state index contributed by atoms with van der Waals surface area (Å²) in [5.41, 5.74) is 6.17. The second-order valence-electron chi connectivity index (χ2n) is 11.7. The van der Waals surface area contributed by atoms with Gasteiger partial charge in [-0.1, -0.05) is 121 Å². The minimum Gasteiger partial charge on any atom is -0.677 e. The Morgan fingerprint density at radius 3 is 2.13 bits per heavy atom. The van der Waals surface area contributed by atoms with Gasteiger partial charge in [-0.05, 0) is 68.0 Å². The standard InChI is InChI=1S/C40H29N4O/c1-2-12-27(13-3-1)38-42-39(31-21-19-26-11-5-7-15-29(26)23-31)44-40(43-38)36-35-32-16-8-9-17-34(32)45-37(35)33(24-41-36)30-20-18-25-10-4-6-14-28(25)22-30/h1-24,36,38-39,42H,(H,43,44)/q-1. The maximum atomic E-state index is 6.64. The molecule has 6 aromatic carbocycles. The number of nitrogens with one attached hydrogen (secondary N) is 2. The third-order valence-electron chi connectivity index (χ3n) is 8.93. The number of hydrogen-bond acceptors (Lipinski definition) is 4. The van der Waals surface area contributed by atoms with E-state index >= 15 is 0 Å². The largest absolute Gasteiger partial charge is 0.677 e. The fourth-order valence-corrected chi connectivity index (χ4v) is 6.67. The van der Waals surface area contributed by atoms with Crippen molar-refractivity contribution in [3.8, 4) is 0 Å². The highest BCUT2D eigenvalue weighted by molar-refractivity contribution is 6.03. The molecule has 0 aliphatic carbocycles. The van der Waals surface area contributed by atoms with Gasteiger partial charge in [0.15, 0.2) is 0 Å². The summed E-state index contributed by atoms with van der Waals surface area (Å²) < 4.78 is 6.64. The molecular formula is C40H29N4O-. The summed E-state index contributed by atoms with van der Waals surface area (Å²) >= 11 is 0. The highest BCUT2D eigenvalue weighted by atomic mass is 16.3. The molecule has 216 valence electrons. The molecule has 0 bridgehead atoms. The van der Waals surface area contributed by atoms with Gasteiger partial charge in [-0.3, -0.25) is 5.32 Å². The predicted molar refractivity (Wildman–Crippen MR) is 183 cm³/mol. The highest BCUT2D eigenvalue weighted by Crippen LogP contribution is 2.46. The van der Waals surface area contributed by atoms with Gasteiger partial charge in [0.2, 0.25) is 0 Å². The minimum atomic E-state index is -0.357. The van der Waals surface area contributed by atoms with Crippen LogP contribution in [0.25, 0.3) is 43.4 Å². The van der Waals surface area contributed by atoms with Crippen molar-refractivity contribution < 1.29 is 4.42 Å². The summed E-state index contributed by atoms with van der Waals surface area (Å²) in [4.78, 5) is 5.31. The summed E-state index contributed by atoms with van der Waals surface area (Å²) in [7, 11) is 0. The van der Waals surface area contributed by atoms with Crippen molar-refractivity contribution in [1.29, 1.82) is 0 Å². The van der Waals surface area contributed by atoms with E-state index in [9.17, 15) is 0 Å². The molecule has 3 atom stereocenters. The fraction of sp³-hybridized carbons (Fsp3) is 0.0750. The molecule has 2 aliphatic heterocycles. The van der Waals surface area contributed by atoms with Gasteiger partial charge in [-0.15, -0.1) is 0 Å². The first-order valence-corrected chi connectivity index (χ1v) is 15.3. The molecule has 0 saturated carbocycles. The van der Waals surface area contributed by atoms with Crippen LogP contribution in [0.2, 0.25) is 0 Å². The molecule has 7 aromatic rings. The first-order chi connectivity index (χ1) is 22.3. The molecule has 0 spiro atoms. The van der Waals surface area contributed by atoms with E-state index in [2.05, 4.69) is 132 Å². The van der Waals surface area contributed by atoms with E-state index < -0.39 is 0 Å². The Balaban J connectivity index is 1.18. The van der Waals surface area contributed by atoms with Crippen LogP contribution in [0, 0.1) is 0 Å². The topological polar surface area (TPSA) is 63.7 Å². The van der Waals surface area contributed by atoms with Gasteiger partial charge in [0.25, 0.3) is 0 Å². The molecule has 5 heteroatoms. The van der Waals surface area contributed by atoms with Crippen LogP contribution < -0.4 is 10.6 Å². The van der Waals surface area contributed by atoms with Crippen LogP contribution in [0.3, 0.4) is 0 Å². The van der Waals surface area contributed by atoms with Gasteiger partial charge < -0.3 is 15.1 Å². The number of para-hydroxylation sites is 1. The van der Waals surface area contributed by atoms with Crippen LogP contribution in [-0.4, -0.2) is 5.84 Å². The van der Waals surface area contributed by atoms with E-state index in [1.807, 2.05) is 24.4 Å². The smallest absolute Gasteiger partial charge is 0.136 e. The van der Waals surface area contributed by atoms with Crippen molar-refractivity contribution in [2.24, 2.45) is 4.99 Å². The zero-order valence-electron chi connectivity index (χ0n) is 24.4. The van der Waals surface area contributed by atoms with Crippen LogP contribution in [0.15, 0.2) is 155 Å². The molecule has 9 rings (SSSR count). The first kappa shape index (κ1) is 25.8. The lowest BCUT2D eigenvalue weighted by molar-refractivity contribution is 0.403. The van der Waals surface area contributed by atoms with Gasteiger partial charge in [0, 0.05) is 11.0 Å². The SMILES string of the molecule is C1=C(c2ccc3ccccc3c2)c2oc3ccccc3c2C(C2=NC(c3ccc4ccccc4c3)NC(c3ccccc3)N2)[N-]1. The normalized spacial score (nSPS) is 19.4. The molecule has 5 nitrogen and oxygen atoms in total. The Morgan fingerprint density at radius 1 is 0.622 bits per heavy atom. The van der Waals surface area contributed by atoms with Gasteiger partial charge in [0.05, 0.1) is 5.84 Å². The lowest BCUT2D eigenvalue weighted by Gasteiger charge is -2.41. The molecule has 2 N–H and O–H groups in total. The average molecular weight is 582 g/mol. The van der Waals surface area contributed by atoms with E-state index in [0.717, 1.165) is 50.4 Å². The van der Waals surface area contributed by atoms with Crippen LogP contribution in [0.4, 0.5) is 0 Å². The molecule has 0 saturated heterocycles. The van der Waals surface area contributed by atoms with Crippen LogP contribution in [-0.2, 0) is 0 Å². The number of hydrogen-bond donors (Lipinski definition) is 2. The average Bonchev–Trinajstić information content (AvgIpc) is 3.51. The number of fused-ring (bicyclic) bond motifs is 5. The van der Waals surface area contributed by atoms with E-state index in [-0.39, 0.29) is 18.4 Å². The van der Waals surface area contributed by atoms with E-state index in [1.165, 1.54) is 21.5 Å². The number of furan rings is 1. The Morgan fingerprint density at radius 2 is 1.31 bits per heavy atom. The van der Waals surface area contributed by atoms with Crippen molar-refractivity contribution in [3.05, 3.63) is 179 Å². The van der Waals surface area contributed by atoms with Crippen LogP contribution in [0.5, 0.6) is 0 Å². The zero-order valence-corrected chi connectivity index (χ0v) is 24.4. The minimum absolute atomic E-state index is 0.155. The molecule has 3 unspecified atom stereocenters. The monoisotopic (exact) mass is 581 g/mol. The summed E-state index contributed by atoms with van der Waals surface area (Å²) in [6.07, 6.45) is 1.55. The quantitative estimate of drug-likeness (QED) is 0.218. The van der Waals surface area contributed by atoms with Gasteiger partial charge >= 0.3 is 0 Å². The van der Waals surface area contributed by atoms with Crippen LogP contribution >= 0.6 is 0 Å². The lowest BCUT2D eigenvalue weighted by atomic mass is 9.91. The number of benzene rings is 6. The summed E-state index contributed by atoms with van der Waals surface area (Å²) in [5, 5.41) is 18.5. The van der Waals surface area contributed by atoms with E-state index in [4.69, 9.17) is 14.7 Å². The molecule has 1 aromatic heterocycles. The molecule has 0 fully saturated rings. The van der Waals surface area contributed by atoms with Crippen molar-refractivity contribution in [1.82, 2.24) is 10.6 Å². The van der Waals surface area contributed by atoms with E-state index in [1.54, 1.807) is 0 Å². The van der Waals surface area contributed by atoms with Gasteiger partial charge in [-0.25, -0.2) is 4.99 Å². The van der Waals surface area contributed by atoms with Crippen molar-refractivity contribution in [3.63, 3.8) is 0 Å². The molecule has 3 heterocycles. The Kier molecular flexibility index (Phi) is 6.03. The first-order valence-electron chi connectivity index (χ1n) is 15.3. The van der Waals surface area contributed by atoms with Gasteiger partial charge in [0.1, 0.15) is 23.7 Å². The van der Waals surface area contributed by atoms with E-state index in [0.29, 0.717) is 0 Å². The number of rotatable bonds is 4.